The number of halogens is 1. The van der Waals surface area contributed by atoms with Crippen LogP contribution < -0.4 is 0 Å². The summed E-state index contributed by atoms with van der Waals surface area (Å²) in [6.07, 6.45) is 2.69. The average Bonchev–Trinajstić information content (AvgIpc) is 3.19. The lowest BCUT2D eigenvalue weighted by atomic mass is 9.85. The average molecular weight is 470 g/mol. The number of hydrogen-bond donors (Lipinski definition) is 1. The van der Waals surface area contributed by atoms with Crippen molar-refractivity contribution in [2.45, 2.75) is 56.0 Å². The van der Waals surface area contributed by atoms with E-state index in [4.69, 9.17) is 4.74 Å². The molecule has 0 bridgehead atoms. The maximum Gasteiger partial charge on any atom is 0.353 e. The highest BCUT2D eigenvalue weighted by Gasteiger charge is 2.69. The van der Waals surface area contributed by atoms with Gasteiger partial charge in [0.25, 0.3) is 5.91 Å². The van der Waals surface area contributed by atoms with E-state index in [1.165, 1.54) is 29.0 Å². The minimum absolute atomic E-state index is 0.0671. The Hall–Kier alpha value is -1.81. The van der Waals surface area contributed by atoms with E-state index in [1.807, 2.05) is 6.20 Å². The molecule has 0 aliphatic carbocycles. The Morgan fingerprint density at radius 2 is 2.18 bits per heavy atom. The smallest absolute Gasteiger partial charge is 0.353 e. The van der Waals surface area contributed by atoms with Gasteiger partial charge in [-0.3, -0.25) is 14.5 Å². The van der Waals surface area contributed by atoms with Gasteiger partial charge in [-0.2, -0.15) is 0 Å². The van der Waals surface area contributed by atoms with Gasteiger partial charge in [-0.1, -0.05) is 29.8 Å². The van der Waals surface area contributed by atoms with Gasteiger partial charge < -0.3 is 14.4 Å². The lowest BCUT2D eigenvalue weighted by Gasteiger charge is -2.51. The molecule has 0 radical (unpaired) electrons. The van der Waals surface area contributed by atoms with Crippen LogP contribution in [0.1, 0.15) is 44.8 Å². The maximum atomic E-state index is 13.0. The number of aromatic nitrogens is 2. The number of thioether (sulfide) groups is 1. The van der Waals surface area contributed by atoms with Crippen molar-refractivity contribution in [2.24, 2.45) is 5.41 Å². The van der Waals surface area contributed by atoms with E-state index < -0.39 is 33.6 Å². The number of nitrogens with zero attached hydrogens (tertiary/aromatic N) is 3. The van der Waals surface area contributed by atoms with Gasteiger partial charge in [0.05, 0.1) is 0 Å². The Morgan fingerprint density at radius 1 is 1.46 bits per heavy atom. The van der Waals surface area contributed by atoms with E-state index in [9.17, 15) is 19.5 Å². The number of carbonyl (C=O) groups is 3. The molecule has 1 N–H and O–H groups in total. The number of carboxylic acids is 1. The zero-order chi connectivity index (χ0) is 20.4. The number of aliphatic carboxylic acids is 1. The van der Waals surface area contributed by atoms with Crippen molar-refractivity contribution < 1.29 is 24.2 Å². The molecule has 1 amide bonds. The summed E-state index contributed by atoms with van der Waals surface area (Å²) >= 11 is 4.71. The molecule has 1 aromatic heterocycles. The van der Waals surface area contributed by atoms with Gasteiger partial charge in [-0.25, -0.2) is 9.78 Å². The van der Waals surface area contributed by atoms with Gasteiger partial charge in [0.15, 0.2) is 10.4 Å². The highest BCUT2D eigenvalue weighted by atomic mass is 79.9. The number of amides is 1. The van der Waals surface area contributed by atoms with E-state index in [2.05, 4.69) is 39.3 Å². The van der Waals surface area contributed by atoms with Gasteiger partial charge in [0, 0.05) is 31.5 Å². The third-order valence-electron chi connectivity index (χ3n) is 5.36. The monoisotopic (exact) mass is 469 g/mol. The van der Waals surface area contributed by atoms with Gasteiger partial charge in [-0.05, 0) is 11.8 Å². The number of β-lactam (4-membered cyclic amide) rings is 1. The summed E-state index contributed by atoms with van der Waals surface area (Å²) < 4.78 is 6.34. The summed E-state index contributed by atoms with van der Waals surface area (Å²) in [7, 11) is 0. The van der Waals surface area contributed by atoms with Crippen LogP contribution in [-0.2, 0) is 32.1 Å². The second-order valence-corrected chi connectivity index (χ2v) is 10.4. The van der Waals surface area contributed by atoms with Crippen LogP contribution in [0.3, 0.4) is 0 Å². The predicted molar refractivity (Wildman–Crippen MR) is 104 cm³/mol. The van der Waals surface area contributed by atoms with Crippen molar-refractivity contribution in [1.82, 2.24) is 14.5 Å². The molecule has 28 heavy (non-hydrogen) atoms. The molecule has 150 valence electrons. The molecular weight excluding hydrogens is 450 g/mol. The largest absolute Gasteiger partial charge is 0.477 e. The van der Waals surface area contributed by atoms with Gasteiger partial charge in [0.1, 0.15) is 22.6 Å². The maximum absolute atomic E-state index is 13.0. The van der Waals surface area contributed by atoms with Crippen molar-refractivity contribution >= 4 is 45.5 Å². The molecule has 2 unspecified atom stereocenters. The van der Waals surface area contributed by atoms with E-state index in [0.717, 1.165) is 25.2 Å². The molecule has 4 rings (SSSR count). The van der Waals surface area contributed by atoms with E-state index in [0.29, 0.717) is 5.69 Å². The minimum Gasteiger partial charge on any atom is -0.477 e. The number of rotatable bonds is 4. The van der Waals surface area contributed by atoms with Crippen LogP contribution in [0.25, 0.3) is 0 Å². The molecule has 10 heteroatoms. The number of esters is 1. The Bertz CT molecular complexity index is 926. The standard InChI is InChI=1S/C18H20BrN3O5S/c1-9(23)27-13(10-6-21-8-17(2,3)5-4-12(21)20-10)18(19)15(26)22-11(14(24)25)7-28-16(18)22/h6-7,13,16H,4-5,8H2,1-3H3,(H,24,25)/t13?,16-,18?/m1/s1. The number of imidazole rings is 1. The molecule has 4 heterocycles. The lowest BCUT2D eigenvalue weighted by molar-refractivity contribution is -0.162. The molecule has 1 aromatic rings. The van der Waals surface area contributed by atoms with Gasteiger partial charge in [0.2, 0.25) is 0 Å². The highest BCUT2D eigenvalue weighted by molar-refractivity contribution is 9.10. The van der Waals surface area contributed by atoms with Gasteiger partial charge in [-0.15, -0.1) is 11.8 Å². The number of fused-ring (bicyclic) bond motifs is 2. The van der Waals surface area contributed by atoms with Crippen molar-refractivity contribution in [1.29, 1.82) is 0 Å². The van der Waals surface area contributed by atoms with Crippen LogP contribution in [0.5, 0.6) is 0 Å². The van der Waals surface area contributed by atoms with Crippen LogP contribution in [0.2, 0.25) is 0 Å². The quantitative estimate of drug-likeness (QED) is 0.410. The summed E-state index contributed by atoms with van der Waals surface area (Å²) in [5.74, 6) is -1.25. The first-order chi connectivity index (χ1) is 13.0. The molecule has 0 spiro atoms. The first kappa shape index (κ1) is 19.5. The number of hydrogen-bond acceptors (Lipinski definition) is 6. The number of carboxylic acid groups (broad SMARTS) is 1. The van der Waals surface area contributed by atoms with Crippen LogP contribution >= 0.6 is 27.7 Å². The molecule has 1 saturated heterocycles. The molecule has 3 atom stereocenters. The summed E-state index contributed by atoms with van der Waals surface area (Å²) in [6, 6.07) is 0. The third-order valence-corrected chi connectivity index (χ3v) is 8.05. The van der Waals surface area contributed by atoms with Crippen LogP contribution in [0.15, 0.2) is 17.3 Å². The Balaban J connectivity index is 1.69. The Morgan fingerprint density at radius 3 is 2.82 bits per heavy atom. The van der Waals surface area contributed by atoms with Crippen molar-refractivity contribution in [2.75, 3.05) is 0 Å². The normalized spacial score (nSPS) is 28.7. The van der Waals surface area contributed by atoms with Crippen LogP contribution in [0, 0.1) is 5.41 Å². The van der Waals surface area contributed by atoms with Crippen molar-refractivity contribution in [3.05, 3.63) is 28.8 Å². The van der Waals surface area contributed by atoms with E-state index >= 15 is 0 Å². The molecule has 1 fully saturated rings. The van der Waals surface area contributed by atoms with Crippen LogP contribution in [0.4, 0.5) is 0 Å². The summed E-state index contributed by atoms with van der Waals surface area (Å²) in [4.78, 5) is 42.0. The summed E-state index contributed by atoms with van der Waals surface area (Å²) in [5.41, 5.74) is 0.568. The summed E-state index contributed by atoms with van der Waals surface area (Å²) in [6.45, 7) is 6.45. The number of carbonyl (C=O) groups excluding carboxylic acids is 2. The Labute approximate surface area is 174 Å². The van der Waals surface area contributed by atoms with Gasteiger partial charge >= 0.3 is 11.9 Å². The SMILES string of the molecule is CC(=O)OC(c1cn2c(n1)CCC(C)(C)C2)C1(Br)C(=O)N2C(C(=O)O)=CS[C@@H]21. The Kier molecular flexibility index (Phi) is 4.42. The van der Waals surface area contributed by atoms with Crippen molar-refractivity contribution in [3.8, 4) is 0 Å². The molecule has 0 saturated carbocycles. The molecule has 3 aliphatic rings. The molecular formula is C18H20BrN3O5S. The van der Waals surface area contributed by atoms with Crippen LogP contribution in [-0.4, -0.2) is 47.1 Å². The zero-order valence-corrected chi connectivity index (χ0v) is 18.0. The minimum atomic E-state index is -1.27. The molecule has 0 aromatic carbocycles. The second-order valence-electron chi connectivity index (χ2n) is 8.10. The lowest BCUT2D eigenvalue weighted by Crippen LogP contribution is -2.70. The number of alkyl halides is 1. The topological polar surface area (TPSA) is 102 Å². The second kappa shape index (κ2) is 6.35. The van der Waals surface area contributed by atoms with E-state index in [-0.39, 0.29) is 11.1 Å². The highest BCUT2D eigenvalue weighted by Crippen LogP contribution is 2.57. The van der Waals surface area contributed by atoms with Crippen molar-refractivity contribution in [3.63, 3.8) is 0 Å². The third kappa shape index (κ3) is 2.80. The first-order valence-electron chi connectivity index (χ1n) is 8.89. The molecule has 8 nitrogen and oxygen atoms in total. The summed E-state index contributed by atoms with van der Waals surface area (Å²) in [5, 5.41) is 10.2. The fourth-order valence-electron chi connectivity index (χ4n) is 3.95. The fourth-order valence-corrected chi connectivity index (χ4v) is 6.22. The molecule has 3 aliphatic heterocycles. The fraction of sp³-hybridized carbons (Fsp3) is 0.556. The van der Waals surface area contributed by atoms with E-state index in [1.54, 1.807) is 0 Å². The number of ether oxygens (including phenoxy) is 1. The zero-order valence-electron chi connectivity index (χ0n) is 15.6. The predicted octanol–water partition coefficient (Wildman–Crippen LogP) is 2.43. The number of aryl methyl sites for hydroxylation is 1. The first-order valence-corrected chi connectivity index (χ1v) is 10.6.